The van der Waals surface area contributed by atoms with Crippen molar-refractivity contribution >= 4 is 10.9 Å². The lowest BCUT2D eigenvalue weighted by Gasteiger charge is -2.12. The van der Waals surface area contributed by atoms with E-state index in [1.54, 1.807) is 0 Å². The summed E-state index contributed by atoms with van der Waals surface area (Å²) >= 11 is 0. The van der Waals surface area contributed by atoms with Gasteiger partial charge in [-0.15, -0.1) is 0 Å². The van der Waals surface area contributed by atoms with E-state index in [1.165, 1.54) is 80.8 Å². The second kappa shape index (κ2) is 13.4. The van der Waals surface area contributed by atoms with Crippen LogP contribution in [-0.2, 0) is 0 Å². The fourth-order valence-electron chi connectivity index (χ4n) is 3.74. The van der Waals surface area contributed by atoms with E-state index >= 15 is 0 Å². The number of fused-ring (bicyclic) bond motifs is 1. The summed E-state index contributed by atoms with van der Waals surface area (Å²) in [6.07, 6.45) is 23.5. The molecule has 1 atom stereocenters. The van der Waals surface area contributed by atoms with E-state index in [1.807, 2.05) is 0 Å². The Kier molecular flexibility index (Phi) is 10.7. The highest BCUT2D eigenvalue weighted by molar-refractivity contribution is 5.80. The first-order valence-corrected chi connectivity index (χ1v) is 11.2. The smallest absolute Gasteiger partial charge is 0.0456 e. The molecule has 1 heterocycles. The van der Waals surface area contributed by atoms with E-state index < -0.39 is 0 Å². The molecular formula is C26H39N. The molecule has 2 rings (SSSR count). The van der Waals surface area contributed by atoms with E-state index in [4.69, 9.17) is 0 Å². The van der Waals surface area contributed by atoms with Gasteiger partial charge in [0.25, 0.3) is 0 Å². The molecule has 0 saturated carbocycles. The number of allylic oxidation sites excluding steroid dienone is 4. The number of unbranched alkanes of at least 4 members (excludes halogenated alkanes) is 6. The lowest BCUT2D eigenvalue weighted by molar-refractivity contribution is 0.540. The van der Waals surface area contributed by atoms with Gasteiger partial charge < -0.3 is 4.98 Å². The van der Waals surface area contributed by atoms with Crippen LogP contribution in [0.4, 0.5) is 0 Å². The van der Waals surface area contributed by atoms with Crippen molar-refractivity contribution in [1.29, 1.82) is 0 Å². The van der Waals surface area contributed by atoms with Crippen molar-refractivity contribution in [3.05, 3.63) is 60.3 Å². The van der Waals surface area contributed by atoms with Crippen molar-refractivity contribution in [2.45, 2.75) is 90.4 Å². The minimum absolute atomic E-state index is 0.672. The summed E-state index contributed by atoms with van der Waals surface area (Å²) in [7, 11) is 0. The van der Waals surface area contributed by atoms with E-state index in [2.05, 4.69) is 73.5 Å². The lowest BCUT2D eigenvalue weighted by Crippen LogP contribution is -1.97. The highest BCUT2D eigenvalue weighted by atomic mass is 14.7. The van der Waals surface area contributed by atoms with Gasteiger partial charge in [-0.3, -0.25) is 0 Å². The van der Waals surface area contributed by atoms with Gasteiger partial charge in [0, 0.05) is 11.2 Å². The molecule has 0 spiro atoms. The number of H-pyrrole nitrogens is 1. The Morgan fingerprint density at radius 1 is 0.852 bits per heavy atom. The number of hydrogen-bond donors (Lipinski definition) is 1. The van der Waals surface area contributed by atoms with Crippen LogP contribution in [-0.4, -0.2) is 4.98 Å². The van der Waals surface area contributed by atoms with Gasteiger partial charge in [0.15, 0.2) is 0 Å². The predicted octanol–water partition coefficient (Wildman–Crippen LogP) is 8.69. The Morgan fingerprint density at radius 3 is 2.30 bits per heavy atom. The van der Waals surface area contributed by atoms with E-state index in [0.717, 1.165) is 6.42 Å². The molecular weight excluding hydrogens is 326 g/mol. The number of aromatic amines is 1. The fourth-order valence-corrected chi connectivity index (χ4v) is 3.74. The molecule has 1 heteroatoms. The molecule has 1 nitrogen and oxygen atoms in total. The van der Waals surface area contributed by atoms with Gasteiger partial charge in [-0.05, 0) is 68.4 Å². The van der Waals surface area contributed by atoms with Crippen molar-refractivity contribution in [2.24, 2.45) is 0 Å². The molecule has 2 aromatic rings. The van der Waals surface area contributed by atoms with E-state index in [9.17, 15) is 0 Å². The van der Waals surface area contributed by atoms with Crippen molar-refractivity contribution in [3.63, 3.8) is 0 Å². The first-order valence-electron chi connectivity index (χ1n) is 11.2. The largest absolute Gasteiger partial charge is 0.358 e. The highest BCUT2D eigenvalue weighted by Gasteiger charge is 2.11. The molecule has 0 aliphatic heterocycles. The summed E-state index contributed by atoms with van der Waals surface area (Å²) in [4.78, 5) is 3.63. The van der Waals surface area contributed by atoms with Crippen LogP contribution in [0.3, 0.4) is 0 Å². The standard InChI is InChI=1S/C26H39N/c1-3-5-6-7-8-9-10-11-12-13-14-15-16-19-23(4-2)26-22-24-20-17-18-21-25(24)27-26/h8-9,11-12,17-18,20-23,27H,3-7,10,13-16,19H2,1-2H3/b9-8-,12-11-. The summed E-state index contributed by atoms with van der Waals surface area (Å²) in [5.41, 5.74) is 2.69. The Morgan fingerprint density at radius 2 is 1.59 bits per heavy atom. The summed E-state index contributed by atoms with van der Waals surface area (Å²) in [6, 6.07) is 11.0. The molecule has 0 aliphatic rings. The molecule has 1 unspecified atom stereocenters. The van der Waals surface area contributed by atoms with Crippen LogP contribution in [0.25, 0.3) is 10.9 Å². The van der Waals surface area contributed by atoms with Crippen molar-refractivity contribution in [2.75, 3.05) is 0 Å². The average molecular weight is 366 g/mol. The van der Waals surface area contributed by atoms with Crippen LogP contribution in [0, 0.1) is 0 Å². The number of para-hydroxylation sites is 1. The SMILES string of the molecule is CCCCC/C=C\C/C=C\CCCCCC(CC)c1cc2ccccc2[nH]1. The lowest BCUT2D eigenvalue weighted by atomic mass is 9.95. The maximum absolute atomic E-state index is 3.63. The predicted molar refractivity (Wildman–Crippen MR) is 121 cm³/mol. The third-order valence-electron chi connectivity index (χ3n) is 5.49. The average Bonchev–Trinajstić information content (AvgIpc) is 3.12. The molecule has 1 aromatic carbocycles. The Bertz CT molecular complexity index is 643. The molecule has 148 valence electrons. The quantitative estimate of drug-likeness (QED) is 0.254. The second-order valence-corrected chi connectivity index (χ2v) is 7.73. The van der Waals surface area contributed by atoms with E-state index in [-0.39, 0.29) is 0 Å². The summed E-state index contributed by atoms with van der Waals surface area (Å²) in [5, 5.41) is 1.34. The minimum atomic E-state index is 0.672. The number of rotatable bonds is 14. The Hall–Kier alpha value is -1.76. The van der Waals surface area contributed by atoms with Gasteiger partial charge in [0.05, 0.1) is 0 Å². The van der Waals surface area contributed by atoms with Gasteiger partial charge in [0.2, 0.25) is 0 Å². The molecule has 0 fully saturated rings. The minimum Gasteiger partial charge on any atom is -0.358 e. The van der Waals surface area contributed by atoms with E-state index in [0.29, 0.717) is 5.92 Å². The number of aromatic nitrogens is 1. The third-order valence-corrected chi connectivity index (χ3v) is 5.49. The van der Waals surface area contributed by atoms with Crippen molar-refractivity contribution < 1.29 is 0 Å². The summed E-state index contributed by atoms with van der Waals surface area (Å²) in [6.45, 7) is 4.57. The summed E-state index contributed by atoms with van der Waals surface area (Å²) < 4.78 is 0. The van der Waals surface area contributed by atoms with Crippen LogP contribution in [0.5, 0.6) is 0 Å². The zero-order valence-electron chi connectivity index (χ0n) is 17.6. The fraction of sp³-hybridized carbons (Fsp3) is 0.538. The van der Waals surface area contributed by atoms with Gasteiger partial charge in [-0.2, -0.15) is 0 Å². The van der Waals surface area contributed by atoms with Crippen LogP contribution in [0.1, 0.15) is 96.1 Å². The maximum Gasteiger partial charge on any atom is 0.0456 e. The van der Waals surface area contributed by atoms with Gasteiger partial charge >= 0.3 is 0 Å². The highest BCUT2D eigenvalue weighted by Crippen LogP contribution is 2.28. The molecule has 0 saturated heterocycles. The second-order valence-electron chi connectivity index (χ2n) is 7.73. The zero-order valence-corrected chi connectivity index (χ0v) is 17.6. The topological polar surface area (TPSA) is 15.8 Å². The third kappa shape index (κ3) is 8.20. The first-order chi connectivity index (χ1) is 13.3. The number of benzene rings is 1. The van der Waals surface area contributed by atoms with Crippen LogP contribution in [0.15, 0.2) is 54.6 Å². The van der Waals surface area contributed by atoms with Crippen molar-refractivity contribution in [1.82, 2.24) is 4.98 Å². The molecule has 0 aliphatic carbocycles. The monoisotopic (exact) mass is 365 g/mol. The van der Waals surface area contributed by atoms with Gasteiger partial charge in [-0.1, -0.05) is 82.0 Å². The molecule has 27 heavy (non-hydrogen) atoms. The zero-order chi connectivity index (χ0) is 19.2. The Labute approximate surface area is 167 Å². The van der Waals surface area contributed by atoms with Crippen LogP contribution >= 0.6 is 0 Å². The van der Waals surface area contributed by atoms with Gasteiger partial charge in [-0.25, -0.2) is 0 Å². The number of hydrogen-bond acceptors (Lipinski definition) is 0. The van der Waals surface area contributed by atoms with Crippen LogP contribution in [0.2, 0.25) is 0 Å². The molecule has 0 radical (unpaired) electrons. The molecule has 0 amide bonds. The molecule has 1 N–H and O–H groups in total. The summed E-state index contributed by atoms with van der Waals surface area (Å²) in [5.74, 6) is 0.672. The maximum atomic E-state index is 3.63. The Balaban J connectivity index is 1.57. The molecule has 1 aromatic heterocycles. The van der Waals surface area contributed by atoms with Crippen molar-refractivity contribution in [3.8, 4) is 0 Å². The normalized spacial score (nSPS) is 13.3. The molecule has 0 bridgehead atoms. The number of nitrogens with one attached hydrogen (secondary N) is 1. The van der Waals surface area contributed by atoms with Gasteiger partial charge in [0.1, 0.15) is 0 Å². The first kappa shape index (κ1) is 21.5. The van der Waals surface area contributed by atoms with Crippen LogP contribution < -0.4 is 0 Å².